The van der Waals surface area contributed by atoms with E-state index in [1.165, 1.54) is 10.9 Å². The number of nitrogens with one attached hydrogen (secondary N) is 1. The number of methoxy groups -OCH3 is 1. The molecule has 2 aromatic rings. The monoisotopic (exact) mass is 456 g/mol. The number of carbonyl (C=O) groups excluding carboxylic acids is 1. The van der Waals surface area contributed by atoms with E-state index in [0.29, 0.717) is 12.3 Å². The highest BCUT2D eigenvalue weighted by atomic mass is 16.5. The van der Waals surface area contributed by atoms with E-state index in [2.05, 4.69) is 59.7 Å². The largest absolute Gasteiger partial charge is 0.489 e. The fourth-order valence-electron chi connectivity index (χ4n) is 6.93. The highest BCUT2D eigenvalue weighted by molar-refractivity contribution is 6.00. The van der Waals surface area contributed by atoms with Crippen LogP contribution in [0.2, 0.25) is 0 Å². The Hall–Kier alpha value is -2.76. The van der Waals surface area contributed by atoms with Gasteiger partial charge in [0.25, 0.3) is 0 Å². The minimum absolute atomic E-state index is 0.0420. The average Bonchev–Trinajstić information content (AvgIpc) is 3.16. The second kappa shape index (κ2) is 8.17. The van der Waals surface area contributed by atoms with Crippen molar-refractivity contribution in [1.29, 1.82) is 0 Å². The number of Topliss-reactive ketones (excluding diaryl/α,β-unsaturated/α-hetero) is 1. The zero-order chi connectivity index (χ0) is 23.4. The van der Waals surface area contributed by atoms with Crippen LogP contribution in [0.15, 0.2) is 71.8 Å². The molecule has 2 heterocycles. The maximum Gasteiger partial charge on any atom is 0.166 e. The molecule has 1 aromatic heterocycles. The fourth-order valence-corrected chi connectivity index (χ4v) is 6.93. The number of aromatic nitrogens is 1. The van der Waals surface area contributed by atoms with Crippen molar-refractivity contribution in [2.24, 2.45) is 17.3 Å². The summed E-state index contributed by atoms with van der Waals surface area (Å²) in [6.07, 6.45) is 12.8. The molecule has 6 rings (SSSR count). The molecule has 6 atom stereocenters. The van der Waals surface area contributed by atoms with Gasteiger partial charge in [-0.15, -0.1) is 0 Å². The lowest BCUT2D eigenvalue weighted by Gasteiger charge is -2.44. The number of ether oxygens (including phenoxy) is 2. The lowest BCUT2D eigenvalue weighted by molar-refractivity contribution is -0.117. The quantitative estimate of drug-likeness (QED) is 0.722. The molecule has 1 fully saturated rings. The second-order valence-corrected chi connectivity index (χ2v) is 10.6. The smallest absolute Gasteiger partial charge is 0.166 e. The minimum Gasteiger partial charge on any atom is -0.489 e. The van der Waals surface area contributed by atoms with Crippen LogP contribution in [0.4, 0.5) is 0 Å². The molecular formula is C29H32N2O3. The van der Waals surface area contributed by atoms with Gasteiger partial charge in [-0.2, -0.15) is 0 Å². The van der Waals surface area contributed by atoms with E-state index in [1.807, 2.05) is 26.6 Å². The Morgan fingerprint density at radius 1 is 1.24 bits per heavy atom. The molecule has 3 aliphatic carbocycles. The van der Waals surface area contributed by atoms with Crippen LogP contribution in [-0.4, -0.2) is 43.7 Å². The molecule has 0 spiro atoms. The molecule has 176 valence electrons. The molecule has 1 aliphatic heterocycles. The van der Waals surface area contributed by atoms with Gasteiger partial charge < -0.3 is 14.8 Å². The molecule has 0 saturated heterocycles. The van der Waals surface area contributed by atoms with E-state index in [9.17, 15) is 4.79 Å². The van der Waals surface area contributed by atoms with Crippen LogP contribution in [0.1, 0.15) is 37.7 Å². The third-order valence-electron chi connectivity index (χ3n) is 8.60. The third kappa shape index (κ3) is 3.29. The van der Waals surface area contributed by atoms with Crippen molar-refractivity contribution in [3.8, 4) is 0 Å². The van der Waals surface area contributed by atoms with Crippen molar-refractivity contribution < 1.29 is 14.3 Å². The Kier molecular flexibility index (Phi) is 5.23. The Morgan fingerprint density at radius 2 is 2.12 bits per heavy atom. The van der Waals surface area contributed by atoms with Gasteiger partial charge in [0.15, 0.2) is 5.78 Å². The number of pyridine rings is 1. The highest BCUT2D eigenvalue weighted by Gasteiger charge is 2.57. The van der Waals surface area contributed by atoms with Gasteiger partial charge in [0.05, 0.1) is 11.7 Å². The molecule has 5 nitrogen and oxygen atoms in total. The molecule has 0 bridgehead atoms. The summed E-state index contributed by atoms with van der Waals surface area (Å²) in [6.45, 7) is 3.18. The SMILES string of the molecule is CNCC1CC(=O)C2=C(C1)O[C@@H]1C(=C2)C=C[C@@]2(C)[C@H]1C[C@@H](OC)[C@@H]2c1ccc2ccncc2c1. The van der Waals surface area contributed by atoms with Crippen LogP contribution in [0.3, 0.4) is 0 Å². The molecule has 0 amide bonds. The summed E-state index contributed by atoms with van der Waals surface area (Å²) in [5, 5.41) is 5.58. The maximum atomic E-state index is 12.9. The van der Waals surface area contributed by atoms with Crippen LogP contribution >= 0.6 is 0 Å². The van der Waals surface area contributed by atoms with Gasteiger partial charge in [-0.05, 0) is 60.7 Å². The van der Waals surface area contributed by atoms with Gasteiger partial charge in [-0.3, -0.25) is 9.78 Å². The van der Waals surface area contributed by atoms with Crippen molar-refractivity contribution in [1.82, 2.24) is 10.3 Å². The predicted octanol–water partition coefficient (Wildman–Crippen LogP) is 4.71. The molecule has 1 aromatic carbocycles. The number of ketones is 1. The van der Waals surface area contributed by atoms with Gasteiger partial charge in [0.2, 0.25) is 0 Å². The average molecular weight is 457 g/mol. The Bertz CT molecular complexity index is 1240. The summed E-state index contributed by atoms with van der Waals surface area (Å²) in [5.41, 5.74) is 3.08. The summed E-state index contributed by atoms with van der Waals surface area (Å²) >= 11 is 0. The first-order valence-corrected chi connectivity index (χ1v) is 12.4. The van der Waals surface area contributed by atoms with Crippen LogP contribution in [0.5, 0.6) is 0 Å². The highest BCUT2D eigenvalue weighted by Crippen LogP contribution is 2.60. The lowest BCUT2D eigenvalue weighted by Crippen LogP contribution is -2.41. The van der Waals surface area contributed by atoms with E-state index in [-0.39, 0.29) is 35.2 Å². The van der Waals surface area contributed by atoms with E-state index < -0.39 is 0 Å². The summed E-state index contributed by atoms with van der Waals surface area (Å²) in [7, 11) is 3.77. The van der Waals surface area contributed by atoms with E-state index in [1.54, 1.807) is 0 Å². The van der Waals surface area contributed by atoms with Crippen molar-refractivity contribution in [3.63, 3.8) is 0 Å². The van der Waals surface area contributed by atoms with Crippen LogP contribution in [0.25, 0.3) is 10.8 Å². The molecule has 1 unspecified atom stereocenters. The molecule has 1 saturated carbocycles. The number of nitrogens with zero attached hydrogens (tertiary/aromatic N) is 1. The Labute approximate surface area is 200 Å². The van der Waals surface area contributed by atoms with Crippen molar-refractivity contribution >= 4 is 16.6 Å². The first-order valence-electron chi connectivity index (χ1n) is 12.4. The van der Waals surface area contributed by atoms with Gasteiger partial charge >= 0.3 is 0 Å². The van der Waals surface area contributed by atoms with Crippen LogP contribution in [-0.2, 0) is 14.3 Å². The number of allylic oxidation sites excluding steroid dienone is 4. The van der Waals surface area contributed by atoms with E-state index in [0.717, 1.165) is 41.7 Å². The maximum absolute atomic E-state index is 12.9. The predicted molar refractivity (Wildman–Crippen MR) is 132 cm³/mol. The van der Waals surface area contributed by atoms with Gasteiger partial charge in [-0.1, -0.05) is 31.2 Å². The summed E-state index contributed by atoms with van der Waals surface area (Å²) in [4.78, 5) is 17.2. The first-order chi connectivity index (χ1) is 16.5. The molecule has 5 heteroatoms. The van der Waals surface area contributed by atoms with Gasteiger partial charge in [0.1, 0.15) is 11.9 Å². The third-order valence-corrected chi connectivity index (χ3v) is 8.60. The number of hydrogen-bond donors (Lipinski definition) is 1. The number of rotatable bonds is 4. The van der Waals surface area contributed by atoms with Crippen LogP contribution < -0.4 is 5.32 Å². The minimum atomic E-state index is -0.111. The standard InChI is InChI=1S/C29H32N2O3/c1-29-8-6-20-13-22-24(32)10-17(15-30-2)11-25(22)34-28(20)23(29)14-26(33-3)27(29)19-5-4-18-7-9-31-16-21(18)12-19/h4-9,12-13,16-17,23,26-28,30H,10-11,14-15H2,1-3H3/t17?,23-,26+,27-,28+,29-/m0/s1. The Balaban J connectivity index is 1.37. The van der Waals surface area contributed by atoms with Crippen molar-refractivity contribution in [2.45, 2.75) is 44.3 Å². The zero-order valence-electron chi connectivity index (χ0n) is 20.1. The van der Waals surface area contributed by atoms with Crippen molar-refractivity contribution in [3.05, 3.63) is 77.4 Å². The van der Waals surface area contributed by atoms with Gasteiger partial charge in [0, 0.05) is 55.0 Å². The lowest BCUT2D eigenvalue weighted by atomic mass is 9.64. The van der Waals surface area contributed by atoms with E-state index in [4.69, 9.17) is 9.47 Å². The number of fused-ring (bicyclic) bond motifs is 4. The molecule has 0 radical (unpaired) electrons. The number of hydrogen-bond acceptors (Lipinski definition) is 5. The number of carbonyl (C=O) groups is 1. The Morgan fingerprint density at radius 3 is 2.94 bits per heavy atom. The molecule has 34 heavy (non-hydrogen) atoms. The fraction of sp³-hybridized carbons (Fsp3) is 0.448. The summed E-state index contributed by atoms with van der Waals surface area (Å²) in [5.74, 6) is 1.88. The second-order valence-electron chi connectivity index (χ2n) is 10.6. The number of benzene rings is 1. The molecular weight excluding hydrogens is 424 g/mol. The topological polar surface area (TPSA) is 60.5 Å². The zero-order valence-corrected chi connectivity index (χ0v) is 20.1. The summed E-state index contributed by atoms with van der Waals surface area (Å²) in [6, 6.07) is 8.77. The molecule has 1 N–H and O–H groups in total. The van der Waals surface area contributed by atoms with E-state index >= 15 is 0 Å². The first kappa shape index (κ1) is 21.8. The molecule has 4 aliphatic rings. The van der Waals surface area contributed by atoms with Crippen LogP contribution in [0, 0.1) is 17.3 Å². The summed E-state index contributed by atoms with van der Waals surface area (Å²) < 4.78 is 12.8. The van der Waals surface area contributed by atoms with Gasteiger partial charge in [-0.25, -0.2) is 0 Å². The normalized spacial score (nSPS) is 34.4. The van der Waals surface area contributed by atoms with Crippen molar-refractivity contribution in [2.75, 3.05) is 20.7 Å².